The number of hydrogen-bond acceptors (Lipinski definition) is 5. The van der Waals surface area contributed by atoms with Crippen LogP contribution >= 0.6 is 0 Å². The summed E-state index contributed by atoms with van der Waals surface area (Å²) in [4.78, 5) is 26.8. The van der Waals surface area contributed by atoms with Crippen molar-refractivity contribution >= 4 is 17.6 Å². The third kappa shape index (κ3) is 6.20. The summed E-state index contributed by atoms with van der Waals surface area (Å²) in [6.07, 6.45) is 0.504. The van der Waals surface area contributed by atoms with Gasteiger partial charge in [0.2, 0.25) is 5.91 Å². The van der Waals surface area contributed by atoms with Crippen LogP contribution in [0.1, 0.15) is 43.2 Å². The fraction of sp³-hybridized carbons (Fsp3) is 0.355. The zero-order chi connectivity index (χ0) is 26.4. The molecule has 3 aromatic rings. The average molecular weight is 501 g/mol. The normalized spacial score (nSPS) is 18.2. The lowest BCUT2D eigenvalue weighted by Crippen LogP contribution is -2.43. The minimum Gasteiger partial charge on any atom is -0.465 e. The number of para-hydroxylation sites is 1. The number of aliphatic hydroxyl groups excluding tert-OH is 1. The van der Waals surface area contributed by atoms with Gasteiger partial charge in [0, 0.05) is 23.7 Å². The maximum Gasteiger partial charge on any atom is 0.325 e. The van der Waals surface area contributed by atoms with Crippen molar-refractivity contribution < 1.29 is 19.4 Å². The Labute approximate surface area is 219 Å². The van der Waals surface area contributed by atoms with E-state index in [-0.39, 0.29) is 30.9 Å². The molecule has 0 aromatic heterocycles. The van der Waals surface area contributed by atoms with Gasteiger partial charge in [-0.05, 0) is 60.9 Å². The number of aliphatic hydroxyl groups is 1. The van der Waals surface area contributed by atoms with Gasteiger partial charge in [-0.1, -0.05) is 73.7 Å². The number of anilines is 1. The number of carbonyl (C=O) groups is 2. The van der Waals surface area contributed by atoms with E-state index in [0.29, 0.717) is 19.4 Å². The molecule has 1 aliphatic heterocycles. The van der Waals surface area contributed by atoms with Crippen LogP contribution in [0.5, 0.6) is 0 Å². The van der Waals surface area contributed by atoms with Crippen molar-refractivity contribution in [2.45, 2.75) is 39.8 Å². The molecule has 194 valence electrons. The van der Waals surface area contributed by atoms with E-state index in [1.165, 1.54) is 0 Å². The molecule has 1 amide bonds. The molecule has 1 aliphatic rings. The Morgan fingerprint density at radius 3 is 2.51 bits per heavy atom. The number of nitrogens with one attached hydrogen (secondary N) is 1. The van der Waals surface area contributed by atoms with Crippen molar-refractivity contribution in [1.29, 1.82) is 0 Å². The highest BCUT2D eigenvalue weighted by molar-refractivity contribution is 5.84. The van der Waals surface area contributed by atoms with Gasteiger partial charge >= 0.3 is 5.97 Å². The summed E-state index contributed by atoms with van der Waals surface area (Å²) >= 11 is 0. The van der Waals surface area contributed by atoms with E-state index in [0.717, 1.165) is 33.5 Å². The first-order chi connectivity index (χ1) is 17.9. The van der Waals surface area contributed by atoms with Crippen LogP contribution in [0, 0.1) is 18.8 Å². The van der Waals surface area contributed by atoms with Crippen LogP contribution in [-0.4, -0.2) is 36.7 Å². The maximum atomic E-state index is 13.1. The second-order valence-electron chi connectivity index (χ2n) is 9.74. The molecule has 0 radical (unpaired) electrons. The molecule has 0 saturated heterocycles. The smallest absolute Gasteiger partial charge is 0.325 e. The van der Waals surface area contributed by atoms with E-state index in [4.69, 9.17) is 4.74 Å². The number of rotatable bonds is 7. The molecule has 0 spiro atoms. The second-order valence-corrected chi connectivity index (χ2v) is 9.74. The predicted molar refractivity (Wildman–Crippen MR) is 146 cm³/mol. The lowest BCUT2D eigenvalue weighted by molar-refractivity contribution is -0.144. The largest absolute Gasteiger partial charge is 0.465 e. The highest BCUT2D eigenvalue weighted by Crippen LogP contribution is 2.36. The van der Waals surface area contributed by atoms with Gasteiger partial charge in [0.25, 0.3) is 0 Å². The highest BCUT2D eigenvalue weighted by Gasteiger charge is 2.33. The summed E-state index contributed by atoms with van der Waals surface area (Å²) in [5.41, 5.74) is 6.16. The molecule has 2 N–H and O–H groups in total. The third-order valence-electron chi connectivity index (χ3n) is 7.20. The zero-order valence-electron chi connectivity index (χ0n) is 21.8. The van der Waals surface area contributed by atoms with Crippen LogP contribution in [0.25, 0.3) is 11.1 Å². The Morgan fingerprint density at radius 2 is 1.78 bits per heavy atom. The monoisotopic (exact) mass is 500 g/mol. The van der Waals surface area contributed by atoms with Crippen LogP contribution < -0.4 is 10.2 Å². The van der Waals surface area contributed by atoms with Gasteiger partial charge in [-0.3, -0.25) is 9.59 Å². The summed E-state index contributed by atoms with van der Waals surface area (Å²) < 4.78 is 4.95. The Hall–Kier alpha value is -3.64. The number of esters is 1. The summed E-state index contributed by atoms with van der Waals surface area (Å²) in [5.74, 6) is -0.933. The molecule has 0 bridgehead atoms. The van der Waals surface area contributed by atoms with Crippen molar-refractivity contribution in [3.63, 3.8) is 0 Å². The van der Waals surface area contributed by atoms with Gasteiger partial charge in [-0.15, -0.1) is 0 Å². The van der Waals surface area contributed by atoms with Crippen LogP contribution in [0.4, 0.5) is 5.69 Å². The Kier molecular flexibility index (Phi) is 8.62. The number of amides is 1. The van der Waals surface area contributed by atoms with Crippen molar-refractivity contribution in [3.8, 4) is 11.1 Å². The summed E-state index contributed by atoms with van der Waals surface area (Å²) in [6.45, 7) is 6.44. The molecule has 0 aliphatic carbocycles. The van der Waals surface area contributed by atoms with E-state index in [1.54, 1.807) is 6.92 Å². The SMILES string of the molecule is CCOC(=O)CNC(=O)C1CCc2ccccc2N(C(O)c2ccc(-c3ccccc3)cc2C)C[C@H]1C. The van der Waals surface area contributed by atoms with Crippen molar-refractivity contribution in [2.24, 2.45) is 11.8 Å². The first kappa shape index (κ1) is 26.4. The highest BCUT2D eigenvalue weighted by atomic mass is 16.5. The first-order valence-electron chi connectivity index (χ1n) is 13.0. The van der Waals surface area contributed by atoms with E-state index in [9.17, 15) is 14.7 Å². The Balaban J connectivity index is 1.60. The fourth-order valence-electron chi connectivity index (χ4n) is 5.20. The summed E-state index contributed by atoms with van der Waals surface area (Å²) in [7, 11) is 0. The summed E-state index contributed by atoms with van der Waals surface area (Å²) in [5, 5.41) is 14.4. The fourth-order valence-corrected chi connectivity index (χ4v) is 5.20. The van der Waals surface area contributed by atoms with Crippen molar-refractivity contribution in [3.05, 3.63) is 89.5 Å². The number of benzene rings is 3. The summed E-state index contributed by atoms with van der Waals surface area (Å²) in [6, 6.07) is 24.4. The maximum absolute atomic E-state index is 13.1. The van der Waals surface area contributed by atoms with Gasteiger partial charge < -0.3 is 20.1 Å². The number of ether oxygens (including phenoxy) is 1. The molecular formula is C31H36N2O4. The Morgan fingerprint density at radius 1 is 1.05 bits per heavy atom. The molecule has 0 saturated carbocycles. The van der Waals surface area contributed by atoms with Gasteiger partial charge in [0.05, 0.1) is 6.61 Å². The topological polar surface area (TPSA) is 78.9 Å². The van der Waals surface area contributed by atoms with Crippen LogP contribution in [-0.2, 0) is 20.7 Å². The molecule has 4 rings (SSSR count). The molecule has 3 atom stereocenters. The molecule has 37 heavy (non-hydrogen) atoms. The quantitative estimate of drug-likeness (QED) is 0.445. The number of nitrogens with zero attached hydrogens (tertiary/aromatic N) is 1. The van der Waals surface area contributed by atoms with Crippen LogP contribution in [0.15, 0.2) is 72.8 Å². The second kappa shape index (κ2) is 12.1. The lowest BCUT2D eigenvalue weighted by Gasteiger charge is -2.38. The predicted octanol–water partition coefficient (Wildman–Crippen LogP) is 5.04. The van der Waals surface area contributed by atoms with Crippen molar-refractivity contribution in [1.82, 2.24) is 5.32 Å². The third-order valence-corrected chi connectivity index (χ3v) is 7.20. The molecule has 1 heterocycles. The minimum absolute atomic E-state index is 0.0471. The molecule has 3 aromatic carbocycles. The number of hydrogen-bond donors (Lipinski definition) is 2. The number of aryl methyl sites for hydroxylation is 2. The van der Waals surface area contributed by atoms with Gasteiger partial charge in [-0.2, -0.15) is 0 Å². The Bertz CT molecular complexity index is 1230. The average Bonchev–Trinajstić information content (AvgIpc) is 2.90. The van der Waals surface area contributed by atoms with Gasteiger partial charge in [-0.25, -0.2) is 0 Å². The van der Waals surface area contributed by atoms with Crippen LogP contribution in [0.3, 0.4) is 0 Å². The molecule has 0 fully saturated rings. The number of carbonyl (C=O) groups excluding carboxylic acids is 2. The van der Waals surface area contributed by atoms with E-state index in [1.807, 2.05) is 67.3 Å². The molecular weight excluding hydrogens is 464 g/mol. The van der Waals surface area contributed by atoms with Gasteiger partial charge in [0.15, 0.2) is 6.23 Å². The van der Waals surface area contributed by atoms with Gasteiger partial charge in [0.1, 0.15) is 6.54 Å². The van der Waals surface area contributed by atoms with E-state index in [2.05, 4.69) is 29.6 Å². The molecule has 2 unspecified atom stereocenters. The molecule has 6 nitrogen and oxygen atoms in total. The minimum atomic E-state index is -0.866. The standard InChI is InChI=1S/C31H36N2O4/c1-4-37-29(34)19-32-30(35)26-16-14-24-12-8-9-13-28(24)33(20-22(26)3)31(36)27-17-15-25(18-21(27)2)23-10-6-5-7-11-23/h5-13,15,17-18,22,26,31,36H,4,14,16,19-20H2,1-3H3,(H,32,35)/t22-,26?,31?/m1/s1. The number of fused-ring (bicyclic) bond motifs is 1. The van der Waals surface area contributed by atoms with Crippen molar-refractivity contribution in [2.75, 3.05) is 24.6 Å². The van der Waals surface area contributed by atoms with E-state index >= 15 is 0 Å². The van der Waals surface area contributed by atoms with E-state index < -0.39 is 12.2 Å². The molecule has 6 heteroatoms. The van der Waals surface area contributed by atoms with Crippen LogP contribution in [0.2, 0.25) is 0 Å². The lowest BCUT2D eigenvalue weighted by atomic mass is 9.84. The zero-order valence-corrected chi connectivity index (χ0v) is 21.8. The first-order valence-corrected chi connectivity index (χ1v) is 13.0.